The Morgan fingerprint density at radius 3 is 2.83 bits per heavy atom. The van der Waals surface area contributed by atoms with Crippen molar-refractivity contribution in [3.05, 3.63) is 53.6 Å². The van der Waals surface area contributed by atoms with Crippen LogP contribution in [-0.2, 0) is 23.1 Å². The molecule has 0 spiro atoms. The molecule has 1 aliphatic rings. The first kappa shape index (κ1) is 16.6. The predicted octanol–water partition coefficient (Wildman–Crippen LogP) is 1.25. The van der Waals surface area contributed by atoms with Gasteiger partial charge < -0.3 is 10.1 Å². The molecule has 1 saturated heterocycles. The van der Waals surface area contributed by atoms with Crippen LogP contribution in [0.4, 0.5) is 4.39 Å². The summed E-state index contributed by atoms with van der Waals surface area (Å²) in [5.41, 5.74) is 1.56. The molecular weight excluding hydrogens is 311 g/mol. The van der Waals surface area contributed by atoms with Gasteiger partial charge in [0.15, 0.2) is 0 Å². The maximum atomic E-state index is 13.6. The van der Waals surface area contributed by atoms with Crippen molar-refractivity contribution >= 4 is 5.91 Å². The van der Waals surface area contributed by atoms with Gasteiger partial charge in [-0.05, 0) is 23.8 Å². The van der Waals surface area contributed by atoms with Gasteiger partial charge in [-0.25, -0.2) is 4.39 Å². The van der Waals surface area contributed by atoms with Gasteiger partial charge in [0.25, 0.3) is 0 Å². The average Bonchev–Trinajstić information content (AvgIpc) is 2.99. The molecule has 2 aromatic rings. The minimum atomic E-state index is -0.530. The van der Waals surface area contributed by atoms with E-state index in [2.05, 4.69) is 10.4 Å². The van der Waals surface area contributed by atoms with E-state index < -0.39 is 6.04 Å². The molecule has 1 atom stereocenters. The van der Waals surface area contributed by atoms with Crippen LogP contribution in [0.1, 0.15) is 17.3 Å². The lowest BCUT2D eigenvalue weighted by molar-refractivity contribution is -0.128. The molecule has 0 radical (unpaired) electrons. The summed E-state index contributed by atoms with van der Waals surface area (Å²) in [6.07, 6.45) is 1.69. The lowest BCUT2D eigenvalue weighted by atomic mass is 10.0. The number of aromatic nitrogens is 2. The van der Waals surface area contributed by atoms with Crippen molar-refractivity contribution in [2.75, 3.05) is 26.3 Å². The monoisotopic (exact) mass is 332 g/mol. The summed E-state index contributed by atoms with van der Waals surface area (Å²) in [7, 11) is 1.83. The van der Waals surface area contributed by atoms with Crippen molar-refractivity contribution in [2.24, 2.45) is 7.05 Å². The summed E-state index contributed by atoms with van der Waals surface area (Å²) in [5, 5.41) is 7.02. The van der Waals surface area contributed by atoms with Gasteiger partial charge in [-0.1, -0.05) is 12.1 Å². The molecule has 128 valence electrons. The Labute approximate surface area is 140 Å². The summed E-state index contributed by atoms with van der Waals surface area (Å²) in [6, 6.07) is 7.54. The van der Waals surface area contributed by atoms with Crippen LogP contribution in [0.25, 0.3) is 0 Å². The molecule has 1 N–H and O–H groups in total. The van der Waals surface area contributed by atoms with Crippen LogP contribution in [0.5, 0.6) is 0 Å². The summed E-state index contributed by atoms with van der Waals surface area (Å²) in [4.78, 5) is 14.8. The molecule has 0 aliphatic carbocycles. The molecule has 1 amide bonds. The zero-order chi connectivity index (χ0) is 16.9. The number of hydrogen-bond acceptors (Lipinski definition) is 4. The van der Waals surface area contributed by atoms with E-state index in [0.717, 1.165) is 5.69 Å². The predicted molar refractivity (Wildman–Crippen MR) is 86.6 cm³/mol. The number of amides is 1. The molecule has 24 heavy (non-hydrogen) atoms. The first-order chi connectivity index (χ1) is 11.6. The number of nitrogens with one attached hydrogen (secondary N) is 1. The quantitative estimate of drug-likeness (QED) is 0.895. The maximum absolute atomic E-state index is 13.6. The first-order valence-corrected chi connectivity index (χ1v) is 7.97. The zero-order valence-electron chi connectivity index (χ0n) is 13.6. The van der Waals surface area contributed by atoms with E-state index in [1.165, 1.54) is 12.1 Å². The third-order valence-corrected chi connectivity index (χ3v) is 4.19. The number of hydrogen-bond donors (Lipinski definition) is 1. The summed E-state index contributed by atoms with van der Waals surface area (Å²) < 4.78 is 20.7. The number of rotatable bonds is 5. The molecule has 1 aliphatic heterocycles. The summed E-state index contributed by atoms with van der Waals surface area (Å²) >= 11 is 0. The van der Waals surface area contributed by atoms with Gasteiger partial charge in [0, 0.05) is 26.3 Å². The third-order valence-electron chi connectivity index (χ3n) is 4.19. The van der Waals surface area contributed by atoms with Gasteiger partial charge in [-0.15, -0.1) is 0 Å². The molecule has 0 unspecified atom stereocenters. The normalized spacial score (nSPS) is 16.8. The fourth-order valence-corrected chi connectivity index (χ4v) is 2.89. The lowest BCUT2D eigenvalue weighted by Gasteiger charge is -2.33. The van der Waals surface area contributed by atoms with Crippen LogP contribution in [-0.4, -0.2) is 46.9 Å². The Bertz CT molecular complexity index is 697. The highest BCUT2D eigenvalue weighted by atomic mass is 19.1. The Balaban J connectivity index is 1.78. The second-order valence-corrected chi connectivity index (χ2v) is 5.77. The van der Waals surface area contributed by atoms with Crippen LogP contribution >= 0.6 is 0 Å². The highest BCUT2D eigenvalue weighted by molar-refractivity contribution is 5.83. The van der Waals surface area contributed by atoms with Crippen LogP contribution in [0, 0.1) is 5.82 Å². The van der Waals surface area contributed by atoms with E-state index in [1.54, 1.807) is 23.0 Å². The van der Waals surface area contributed by atoms with Crippen molar-refractivity contribution in [1.82, 2.24) is 20.0 Å². The van der Waals surface area contributed by atoms with Crippen molar-refractivity contribution in [3.63, 3.8) is 0 Å². The molecule has 3 rings (SSSR count). The van der Waals surface area contributed by atoms with Gasteiger partial charge in [0.05, 0.1) is 25.5 Å². The zero-order valence-corrected chi connectivity index (χ0v) is 13.6. The Kier molecular flexibility index (Phi) is 5.22. The van der Waals surface area contributed by atoms with Crippen LogP contribution in [0.15, 0.2) is 36.5 Å². The molecule has 0 saturated carbocycles. The Morgan fingerprint density at radius 2 is 2.17 bits per heavy atom. The first-order valence-electron chi connectivity index (χ1n) is 7.97. The number of morpholine rings is 1. The molecule has 1 aromatic carbocycles. The van der Waals surface area contributed by atoms with E-state index in [-0.39, 0.29) is 11.7 Å². The van der Waals surface area contributed by atoms with E-state index in [1.807, 2.05) is 18.0 Å². The van der Waals surface area contributed by atoms with Crippen molar-refractivity contribution in [3.8, 4) is 0 Å². The minimum absolute atomic E-state index is 0.149. The maximum Gasteiger partial charge on any atom is 0.242 e. The highest BCUT2D eigenvalue weighted by Crippen LogP contribution is 2.23. The number of carbonyl (C=O) groups is 1. The Morgan fingerprint density at radius 1 is 1.38 bits per heavy atom. The van der Waals surface area contributed by atoms with Crippen molar-refractivity contribution in [1.29, 1.82) is 0 Å². The number of carbonyl (C=O) groups excluding carboxylic acids is 1. The number of halogens is 1. The number of benzene rings is 1. The molecule has 1 aromatic heterocycles. The second kappa shape index (κ2) is 7.55. The van der Waals surface area contributed by atoms with E-state index in [4.69, 9.17) is 4.74 Å². The van der Waals surface area contributed by atoms with Crippen LogP contribution in [0.3, 0.4) is 0 Å². The Hall–Kier alpha value is -2.25. The van der Waals surface area contributed by atoms with Crippen molar-refractivity contribution in [2.45, 2.75) is 12.6 Å². The smallest absolute Gasteiger partial charge is 0.242 e. The van der Waals surface area contributed by atoms with Gasteiger partial charge in [-0.2, -0.15) is 5.10 Å². The average molecular weight is 332 g/mol. The molecular formula is C17H21FN4O2. The van der Waals surface area contributed by atoms with E-state index in [9.17, 15) is 9.18 Å². The number of nitrogens with zero attached hydrogens (tertiary/aromatic N) is 3. The third kappa shape index (κ3) is 3.80. The van der Waals surface area contributed by atoms with Gasteiger partial charge in [0.1, 0.15) is 11.9 Å². The fraction of sp³-hybridized carbons (Fsp3) is 0.412. The SMILES string of the molecule is Cn1nccc1CNC(=O)[C@@H](c1cccc(F)c1)N1CCOCC1. The molecule has 6 nitrogen and oxygen atoms in total. The number of ether oxygens (including phenoxy) is 1. The van der Waals surface area contributed by atoms with Gasteiger partial charge in [-0.3, -0.25) is 14.4 Å². The number of aryl methyl sites for hydroxylation is 1. The fourth-order valence-electron chi connectivity index (χ4n) is 2.89. The summed E-state index contributed by atoms with van der Waals surface area (Å²) in [6.45, 7) is 2.80. The standard InChI is InChI=1S/C17H21FN4O2/c1-21-15(5-6-20-21)12-19-17(23)16(22-7-9-24-10-8-22)13-3-2-4-14(18)11-13/h2-6,11,16H,7-10,12H2,1H3,(H,19,23)/t16-/m1/s1. The van der Waals surface area contributed by atoms with Crippen LogP contribution < -0.4 is 5.32 Å². The minimum Gasteiger partial charge on any atom is -0.379 e. The van der Waals surface area contributed by atoms with E-state index in [0.29, 0.717) is 38.4 Å². The molecule has 7 heteroatoms. The van der Waals surface area contributed by atoms with Gasteiger partial charge >= 0.3 is 0 Å². The van der Waals surface area contributed by atoms with Gasteiger partial charge in [0.2, 0.25) is 5.91 Å². The van der Waals surface area contributed by atoms with Crippen LogP contribution in [0.2, 0.25) is 0 Å². The molecule has 1 fully saturated rings. The van der Waals surface area contributed by atoms with E-state index >= 15 is 0 Å². The summed E-state index contributed by atoms with van der Waals surface area (Å²) in [5.74, 6) is -0.492. The second-order valence-electron chi connectivity index (χ2n) is 5.77. The topological polar surface area (TPSA) is 59.4 Å². The molecule has 0 bridgehead atoms. The van der Waals surface area contributed by atoms with Crippen molar-refractivity contribution < 1.29 is 13.9 Å². The molecule has 2 heterocycles. The largest absolute Gasteiger partial charge is 0.379 e. The lowest BCUT2D eigenvalue weighted by Crippen LogP contribution is -2.45. The highest BCUT2D eigenvalue weighted by Gasteiger charge is 2.29.